The van der Waals surface area contributed by atoms with Crippen molar-refractivity contribution in [2.24, 2.45) is 29.6 Å². The van der Waals surface area contributed by atoms with Gasteiger partial charge in [-0.2, -0.15) is 0 Å². The zero-order valence-corrected chi connectivity index (χ0v) is 40.8. The van der Waals surface area contributed by atoms with Gasteiger partial charge in [-0.05, 0) is 80.8 Å². The number of hydrogen-bond donors (Lipinski definition) is 7. The SMILES string of the molecule is C#SC(C)[C@@H]1NC[C@H](C(C)CC)NC(=O)[C@@H](C(C)C)NC(=O)[C@H](C(C)C)NC(=O)[C@@H](CC(C)C)NC(=O)[C@H](Cc2ccc3ccc4cccc5ccc2c3c45)NC(=O)[C@@H](C(C)C)NC1=O. The highest BCUT2D eigenvalue weighted by Gasteiger charge is 2.37. The van der Waals surface area contributed by atoms with Crippen LogP contribution < -0.4 is 37.2 Å². The molecule has 0 spiro atoms. The Morgan fingerprint density at radius 3 is 1.55 bits per heavy atom. The molecule has 4 aromatic rings. The minimum atomic E-state index is -1.19. The molecule has 0 saturated carbocycles. The van der Waals surface area contributed by atoms with Crippen molar-refractivity contribution in [3.05, 3.63) is 60.2 Å². The zero-order chi connectivity index (χ0) is 47.9. The summed E-state index contributed by atoms with van der Waals surface area (Å²) in [7, 11) is 0. The standard InChI is InChI=1S/C51H71N7O6S/c1-13-30(10)39-25-52-45(31(11)65-12)51(64)58-42(27(4)5)48(61)54-38(24-35-20-19-34-18-17-32-15-14-16-33-21-22-36(35)41(34)40(32)33)46(59)53-37(23-26(2)3)47(60)56-44(29(8)9)50(63)57-43(28(6)7)49(62)55-39/h12,14-22,26-31,37-39,42-45,52H,13,23-25H2,1-11H3,(H,53,59)(H,54,61)(H,55,62)(H,56,60)(H,57,63)(H,58,64)/t30?,31?,37-,38+,39-,42-,43-,44+,45+/m1/s1. The van der Waals surface area contributed by atoms with Gasteiger partial charge in [-0.25, -0.2) is 0 Å². The molecular formula is C51H71N7O6S. The van der Waals surface area contributed by atoms with Gasteiger partial charge in [0.25, 0.3) is 0 Å². The van der Waals surface area contributed by atoms with E-state index in [2.05, 4.69) is 67.5 Å². The van der Waals surface area contributed by atoms with Crippen molar-refractivity contribution >= 4 is 78.9 Å². The van der Waals surface area contributed by atoms with Crippen LogP contribution in [-0.4, -0.2) is 89.5 Å². The van der Waals surface area contributed by atoms with Gasteiger partial charge in [-0.1, -0.05) is 130 Å². The second-order valence-corrected chi connectivity index (χ2v) is 20.5. The Balaban J connectivity index is 1.62. The zero-order valence-electron chi connectivity index (χ0n) is 40.0. The van der Waals surface area contributed by atoms with Crippen molar-refractivity contribution in [3.8, 4) is 5.69 Å². The van der Waals surface area contributed by atoms with E-state index in [0.29, 0.717) is 6.42 Å². The highest BCUT2D eigenvalue weighted by atomic mass is 32.1. The average molecular weight is 910 g/mol. The Kier molecular flexibility index (Phi) is 17.4. The van der Waals surface area contributed by atoms with Crippen LogP contribution in [0, 0.1) is 35.3 Å². The lowest BCUT2D eigenvalue weighted by Crippen LogP contribution is -2.61. The third-order valence-corrected chi connectivity index (χ3v) is 13.6. The third-order valence-electron chi connectivity index (χ3n) is 12.9. The van der Waals surface area contributed by atoms with Crippen molar-refractivity contribution in [1.82, 2.24) is 37.2 Å². The Bertz CT molecular complexity index is 2380. The normalized spacial score (nSPS) is 24.9. The second-order valence-electron chi connectivity index (χ2n) is 19.5. The molecule has 1 heterocycles. The molecule has 9 atom stereocenters. The molecule has 0 aliphatic carbocycles. The van der Waals surface area contributed by atoms with E-state index in [1.54, 1.807) is 20.8 Å². The molecular weight excluding hydrogens is 839 g/mol. The molecule has 352 valence electrons. The first-order valence-corrected chi connectivity index (χ1v) is 24.3. The fourth-order valence-electron chi connectivity index (χ4n) is 8.74. The Hall–Kier alpha value is -5.30. The molecule has 65 heavy (non-hydrogen) atoms. The minimum absolute atomic E-state index is 0.0359. The van der Waals surface area contributed by atoms with Crippen molar-refractivity contribution in [2.45, 2.75) is 143 Å². The summed E-state index contributed by atoms with van der Waals surface area (Å²) in [4.78, 5) is 86.3. The molecule has 0 bridgehead atoms. The summed E-state index contributed by atoms with van der Waals surface area (Å²) in [5.74, 6) is -4.36. The maximum atomic E-state index is 14.8. The number of carbonyl (C=O) groups is 6. The predicted octanol–water partition coefficient (Wildman–Crippen LogP) is 5.78. The van der Waals surface area contributed by atoms with Gasteiger partial charge in [0.15, 0.2) is 0 Å². The molecule has 2 unspecified atom stereocenters. The van der Waals surface area contributed by atoms with Crippen molar-refractivity contribution in [2.75, 3.05) is 6.54 Å². The Morgan fingerprint density at radius 1 is 0.554 bits per heavy atom. The van der Waals surface area contributed by atoms with Crippen LogP contribution in [0.2, 0.25) is 0 Å². The predicted molar refractivity (Wildman–Crippen MR) is 263 cm³/mol. The van der Waals surface area contributed by atoms with E-state index in [9.17, 15) is 28.8 Å². The van der Waals surface area contributed by atoms with Gasteiger partial charge in [0.2, 0.25) is 35.4 Å². The van der Waals surface area contributed by atoms with Crippen LogP contribution in [0.15, 0.2) is 54.6 Å². The van der Waals surface area contributed by atoms with Crippen molar-refractivity contribution in [3.63, 3.8) is 0 Å². The number of nitrogens with one attached hydrogen (secondary N) is 7. The van der Waals surface area contributed by atoms with Crippen LogP contribution in [0.3, 0.4) is 0 Å². The quantitative estimate of drug-likeness (QED) is 0.0984. The van der Waals surface area contributed by atoms with Gasteiger partial charge < -0.3 is 37.2 Å². The lowest BCUT2D eigenvalue weighted by molar-refractivity contribution is -0.136. The molecule has 5 rings (SSSR count). The number of carbonyl (C=O) groups excluding carboxylic acids is 6. The van der Waals surface area contributed by atoms with Crippen LogP contribution in [-0.2, 0) is 35.2 Å². The lowest BCUT2D eigenvalue weighted by atomic mass is 9.90. The monoisotopic (exact) mass is 910 g/mol. The summed E-state index contributed by atoms with van der Waals surface area (Å²) >= 11 is 0.995. The minimum Gasteiger partial charge on any atom is -0.350 e. The maximum absolute atomic E-state index is 14.8. The first-order chi connectivity index (χ1) is 30.7. The highest BCUT2D eigenvalue weighted by Crippen LogP contribution is 2.36. The molecule has 6 amide bonds. The molecule has 1 aliphatic heterocycles. The Labute approximate surface area is 388 Å². The second kappa shape index (κ2) is 22.3. The van der Waals surface area contributed by atoms with Gasteiger partial charge in [-0.3, -0.25) is 28.8 Å². The summed E-state index contributed by atoms with van der Waals surface area (Å²) in [5.41, 5.74) is 6.89. The Morgan fingerprint density at radius 2 is 1.02 bits per heavy atom. The summed E-state index contributed by atoms with van der Waals surface area (Å²) in [6, 6.07) is 11.7. The van der Waals surface area contributed by atoms with Gasteiger partial charge >= 0.3 is 0 Å². The fraction of sp³-hybridized carbons (Fsp3) is 0.549. The van der Waals surface area contributed by atoms with Crippen LogP contribution in [0.5, 0.6) is 0 Å². The largest absolute Gasteiger partial charge is 0.350 e. The fourth-order valence-corrected chi connectivity index (χ4v) is 9.12. The van der Waals surface area contributed by atoms with E-state index in [1.165, 1.54) is 0 Å². The van der Waals surface area contributed by atoms with E-state index in [1.807, 2.05) is 79.7 Å². The van der Waals surface area contributed by atoms with Crippen molar-refractivity contribution < 1.29 is 28.8 Å². The average Bonchev–Trinajstić information content (AvgIpc) is 3.26. The van der Waals surface area contributed by atoms with E-state index < -0.39 is 88.9 Å². The molecule has 0 aromatic heterocycles. The van der Waals surface area contributed by atoms with Gasteiger partial charge in [0.05, 0.1) is 5.25 Å². The number of hydrogen-bond acceptors (Lipinski definition) is 7. The first kappa shape index (κ1) is 50.7. The number of amides is 6. The summed E-state index contributed by atoms with van der Waals surface area (Å²) < 4.78 is 0. The van der Waals surface area contributed by atoms with E-state index >= 15 is 0 Å². The third kappa shape index (κ3) is 12.1. The molecule has 13 nitrogen and oxygen atoms in total. The topological polar surface area (TPSA) is 187 Å². The van der Waals surface area contributed by atoms with Gasteiger partial charge in [0, 0.05) is 19.0 Å². The van der Waals surface area contributed by atoms with Gasteiger partial charge in [0.1, 0.15) is 36.3 Å². The first-order valence-electron chi connectivity index (χ1n) is 23.3. The number of benzene rings is 4. The maximum Gasteiger partial charge on any atom is 0.243 e. The summed E-state index contributed by atoms with van der Waals surface area (Å²) in [6.45, 7) is 20.7. The van der Waals surface area contributed by atoms with Crippen molar-refractivity contribution in [1.29, 1.82) is 0 Å². The van der Waals surface area contributed by atoms with E-state index in [0.717, 1.165) is 49.1 Å². The molecule has 7 N–H and O–H groups in total. The molecule has 1 fully saturated rings. The lowest BCUT2D eigenvalue weighted by Gasteiger charge is -2.32. The van der Waals surface area contributed by atoms with Crippen LogP contribution in [0.25, 0.3) is 32.3 Å². The smallest absolute Gasteiger partial charge is 0.243 e. The molecule has 4 aromatic carbocycles. The van der Waals surface area contributed by atoms with Gasteiger partial charge in [-0.15, -0.1) is 16.9 Å². The number of rotatable bonds is 10. The molecule has 14 heteroatoms. The van der Waals surface area contributed by atoms with Crippen LogP contribution in [0.4, 0.5) is 0 Å². The highest BCUT2D eigenvalue weighted by molar-refractivity contribution is 7.89. The van der Waals surface area contributed by atoms with Crippen LogP contribution >= 0.6 is 11.2 Å². The molecule has 1 saturated heterocycles. The van der Waals surface area contributed by atoms with E-state index in [4.69, 9.17) is 5.69 Å². The van der Waals surface area contributed by atoms with E-state index in [-0.39, 0.29) is 43.1 Å². The summed E-state index contributed by atoms with van der Waals surface area (Å²) in [6.07, 6.45) is 1.01. The molecule has 0 radical (unpaired) electrons. The summed E-state index contributed by atoms with van der Waals surface area (Å²) in [5, 5.41) is 27.0. The molecule has 1 aliphatic rings. The van der Waals surface area contributed by atoms with Crippen LogP contribution in [0.1, 0.15) is 94.6 Å².